The van der Waals surface area contributed by atoms with Crippen LogP contribution < -0.4 is 5.32 Å². The molecular formula is C14H13BrN2O3S. The lowest BCUT2D eigenvalue weighted by Crippen LogP contribution is -2.31. The number of halogens is 1. The monoisotopic (exact) mass is 368 g/mol. The average molecular weight is 369 g/mol. The number of aromatic carboxylic acids is 1. The molecule has 21 heavy (non-hydrogen) atoms. The van der Waals surface area contributed by atoms with Gasteiger partial charge in [0.1, 0.15) is 0 Å². The normalized spacial score (nSPS) is 10.2. The van der Waals surface area contributed by atoms with Crippen molar-refractivity contribution in [3.63, 3.8) is 0 Å². The van der Waals surface area contributed by atoms with Gasteiger partial charge in [-0.05, 0) is 40.6 Å². The third kappa shape index (κ3) is 4.05. The molecule has 1 aromatic heterocycles. The van der Waals surface area contributed by atoms with Crippen molar-refractivity contribution in [2.75, 3.05) is 12.4 Å². The second-order valence-electron chi connectivity index (χ2n) is 4.41. The Bertz CT molecular complexity index is 658. The first kappa shape index (κ1) is 15.5. The topological polar surface area (TPSA) is 69.6 Å². The molecule has 0 radical (unpaired) electrons. The molecule has 2 rings (SSSR count). The van der Waals surface area contributed by atoms with Crippen LogP contribution in [0.4, 0.5) is 10.5 Å². The Hall–Kier alpha value is -1.86. The summed E-state index contributed by atoms with van der Waals surface area (Å²) in [4.78, 5) is 24.8. The van der Waals surface area contributed by atoms with E-state index >= 15 is 0 Å². The van der Waals surface area contributed by atoms with Crippen LogP contribution in [0.1, 0.15) is 15.9 Å². The smallest absolute Gasteiger partial charge is 0.337 e. The van der Waals surface area contributed by atoms with Gasteiger partial charge in [0.15, 0.2) is 0 Å². The highest BCUT2D eigenvalue weighted by Gasteiger charge is 2.15. The predicted molar refractivity (Wildman–Crippen MR) is 85.9 cm³/mol. The number of urea groups is 1. The Balaban J connectivity index is 2.11. The van der Waals surface area contributed by atoms with Crippen LogP contribution in [-0.2, 0) is 6.54 Å². The van der Waals surface area contributed by atoms with E-state index in [4.69, 9.17) is 5.11 Å². The van der Waals surface area contributed by atoms with Gasteiger partial charge in [0, 0.05) is 18.1 Å². The molecule has 0 atom stereocenters. The van der Waals surface area contributed by atoms with Gasteiger partial charge in [-0.1, -0.05) is 15.9 Å². The van der Waals surface area contributed by atoms with Crippen molar-refractivity contribution in [1.29, 1.82) is 0 Å². The number of benzene rings is 1. The molecule has 0 spiro atoms. The number of anilines is 1. The molecule has 0 aliphatic heterocycles. The maximum absolute atomic E-state index is 12.1. The van der Waals surface area contributed by atoms with Crippen LogP contribution in [0, 0.1) is 0 Å². The van der Waals surface area contributed by atoms with Crippen LogP contribution in [0.15, 0.2) is 39.5 Å². The number of nitrogens with zero attached hydrogens (tertiary/aromatic N) is 1. The molecule has 2 N–H and O–H groups in total. The number of hydrogen-bond acceptors (Lipinski definition) is 3. The zero-order chi connectivity index (χ0) is 15.4. The minimum absolute atomic E-state index is 0.0514. The molecule has 5 nitrogen and oxygen atoms in total. The molecule has 0 bridgehead atoms. The fraction of sp³-hybridized carbons (Fsp3) is 0.143. The molecule has 0 saturated heterocycles. The minimum Gasteiger partial charge on any atom is -0.478 e. The van der Waals surface area contributed by atoms with E-state index in [-0.39, 0.29) is 17.3 Å². The molecular weight excluding hydrogens is 356 g/mol. The Morgan fingerprint density at radius 3 is 2.76 bits per heavy atom. The molecule has 2 amide bonds. The van der Waals surface area contributed by atoms with E-state index in [1.54, 1.807) is 30.5 Å². The number of amides is 2. The SMILES string of the molecule is CN(Cc1ccsc1)C(=O)Nc1cc(Br)ccc1C(=O)O. The Labute approximate surface area is 134 Å². The van der Waals surface area contributed by atoms with E-state index in [1.165, 1.54) is 11.0 Å². The highest BCUT2D eigenvalue weighted by Crippen LogP contribution is 2.22. The van der Waals surface area contributed by atoms with Gasteiger partial charge in [-0.2, -0.15) is 11.3 Å². The number of carboxylic acids is 1. The van der Waals surface area contributed by atoms with Gasteiger partial charge in [0.25, 0.3) is 0 Å². The molecule has 0 aliphatic carbocycles. The maximum atomic E-state index is 12.1. The Kier molecular flexibility index (Phi) is 4.98. The molecule has 1 heterocycles. The molecule has 0 aliphatic rings. The predicted octanol–water partition coefficient (Wildman–Crippen LogP) is 3.87. The summed E-state index contributed by atoms with van der Waals surface area (Å²) in [5, 5.41) is 15.7. The zero-order valence-corrected chi connectivity index (χ0v) is 13.6. The van der Waals surface area contributed by atoms with Crippen LogP contribution in [-0.4, -0.2) is 29.1 Å². The second-order valence-corrected chi connectivity index (χ2v) is 6.11. The summed E-state index contributed by atoms with van der Waals surface area (Å²) in [6.07, 6.45) is 0. The minimum atomic E-state index is -1.08. The molecule has 2 aromatic rings. The number of nitrogens with one attached hydrogen (secondary N) is 1. The van der Waals surface area contributed by atoms with E-state index in [0.29, 0.717) is 11.0 Å². The standard InChI is InChI=1S/C14H13BrN2O3S/c1-17(7-9-4-5-21-8-9)14(20)16-12-6-10(15)2-3-11(12)13(18)19/h2-6,8H,7H2,1H3,(H,16,20)(H,18,19). The van der Waals surface area contributed by atoms with Gasteiger partial charge >= 0.3 is 12.0 Å². The number of carboxylic acid groups (broad SMARTS) is 1. The largest absolute Gasteiger partial charge is 0.478 e. The molecule has 0 fully saturated rings. The van der Waals surface area contributed by atoms with Crippen molar-refractivity contribution < 1.29 is 14.7 Å². The molecule has 0 unspecified atom stereocenters. The quantitative estimate of drug-likeness (QED) is 0.860. The number of thiophene rings is 1. The number of hydrogen-bond donors (Lipinski definition) is 2. The molecule has 1 aromatic carbocycles. The van der Waals surface area contributed by atoms with Crippen molar-refractivity contribution in [3.8, 4) is 0 Å². The van der Waals surface area contributed by atoms with E-state index in [1.807, 2.05) is 16.8 Å². The van der Waals surface area contributed by atoms with Crippen molar-refractivity contribution in [1.82, 2.24) is 4.90 Å². The number of rotatable bonds is 4. The van der Waals surface area contributed by atoms with Crippen LogP contribution >= 0.6 is 27.3 Å². The summed E-state index contributed by atoms with van der Waals surface area (Å²) in [5.41, 5.74) is 1.35. The summed E-state index contributed by atoms with van der Waals surface area (Å²) in [7, 11) is 1.66. The fourth-order valence-corrected chi connectivity index (χ4v) is 2.77. The van der Waals surface area contributed by atoms with Crippen LogP contribution in [0.25, 0.3) is 0 Å². The highest BCUT2D eigenvalue weighted by atomic mass is 79.9. The van der Waals surface area contributed by atoms with Crippen molar-refractivity contribution in [2.24, 2.45) is 0 Å². The first-order chi connectivity index (χ1) is 9.97. The van der Waals surface area contributed by atoms with Gasteiger partial charge in [-0.15, -0.1) is 0 Å². The highest BCUT2D eigenvalue weighted by molar-refractivity contribution is 9.10. The first-order valence-electron chi connectivity index (χ1n) is 6.03. The third-order valence-electron chi connectivity index (χ3n) is 2.80. The van der Waals surface area contributed by atoms with Gasteiger partial charge in [-0.25, -0.2) is 9.59 Å². The summed E-state index contributed by atoms with van der Waals surface area (Å²) < 4.78 is 0.697. The lowest BCUT2D eigenvalue weighted by Gasteiger charge is -2.18. The van der Waals surface area contributed by atoms with E-state index in [2.05, 4.69) is 21.2 Å². The summed E-state index contributed by atoms with van der Waals surface area (Å²) >= 11 is 4.83. The molecule has 0 saturated carbocycles. The van der Waals surface area contributed by atoms with Crippen molar-refractivity contribution >= 4 is 45.0 Å². The average Bonchev–Trinajstić information content (AvgIpc) is 2.91. The maximum Gasteiger partial charge on any atom is 0.337 e. The third-order valence-corrected chi connectivity index (χ3v) is 4.03. The Morgan fingerprint density at radius 1 is 1.38 bits per heavy atom. The summed E-state index contributed by atoms with van der Waals surface area (Å²) in [6.45, 7) is 0.464. The van der Waals surface area contributed by atoms with Crippen molar-refractivity contribution in [3.05, 3.63) is 50.6 Å². The molecule has 7 heteroatoms. The van der Waals surface area contributed by atoms with Crippen molar-refractivity contribution in [2.45, 2.75) is 6.54 Å². The summed E-state index contributed by atoms with van der Waals surface area (Å²) in [6, 6.07) is 6.22. The Morgan fingerprint density at radius 2 is 2.14 bits per heavy atom. The van der Waals surface area contributed by atoms with Crippen LogP contribution in [0.5, 0.6) is 0 Å². The van der Waals surface area contributed by atoms with Crippen LogP contribution in [0.2, 0.25) is 0 Å². The molecule has 110 valence electrons. The lowest BCUT2D eigenvalue weighted by atomic mass is 10.2. The van der Waals surface area contributed by atoms with Gasteiger partial charge in [-0.3, -0.25) is 0 Å². The van der Waals surface area contributed by atoms with E-state index < -0.39 is 5.97 Å². The van der Waals surface area contributed by atoms with Gasteiger partial charge < -0.3 is 15.3 Å². The van der Waals surface area contributed by atoms with Gasteiger partial charge in [0.2, 0.25) is 0 Å². The zero-order valence-electron chi connectivity index (χ0n) is 11.2. The fourth-order valence-electron chi connectivity index (χ4n) is 1.75. The summed E-state index contributed by atoms with van der Waals surface area (Å²) in [5.74, 6) is -1.08. The van der Waals surface area contributed by atoms with E-state index in [9.17, 15) is 9.59 Å². The van der Waals surface area contributed by atoms with Crippen LogP contribution in [0.3, 0.4) is 0 Å². The second kappa shape index (κ2) is 6.73. The number of carbonyl (C=O) groups excluding carboxylic acids is 1. The van der Waals surface area contributed by atoms with E-state index in [0.717, 1.165) is 5.56 Å². The lowest BCUT2D eigenvalue weighted by molar-refractivity contribution is 0.0698. The first-order valence-corrected chi connectivity index (χ1v) is 7.77. The number of carbonyl (C=O) groups is 2. The van der Waals surface area contributed by atoms with Gasteiger partial charge in [0.05, 0.1) is 11.3 Å².